The second-order valence-corrected chi connectivity index (χ2v) is 5.42. The summed E-state index contributed by atoms with van der Waals surface area (Å²) in [7, 11) is 1.70. The lowest BCUT2D eigenvalue weighted by molar-refractivity contribution is 0.460. The highest BCUT2D eigenvalue weighted by molar-refractivity contribution is 5.79. The zero-order valence-corrected chi connectivity index (χ0v) is 14.3. The quantitative estimate of drug-likeness (QED) is 0.524. The summed E-state index contributed by atoms with van der Waals surface area (Å²) >= 11 is 0. The molecule has 0 spiro atoms. The van der Waals surface area contributed by atoms with E-state index in [1.165, 1.54) is 12.1 Å². The Labute approximate surface area is 150 Å². The van der Waals surface area contributed by atoms with E-state index in [-0.39, 0.29) is 5.82 Å². The van der Waals surface area contributed by atoms with Gasteiger partial charge in [-0.2, -0.15) is 0 Å². The lowest BCUT2D eigenvalue weighted by Gasteiger charge is -2.11. The average Bonchev–Trinajstić information content (AvgIpc) is 3.18. The van der Waals surface area contributed by atoms with E-state index in [9.17, 15) is 4.39 Å². The minimum absolute atomic E-state index is 0.309. The Morgan fingerprint density at radius 3 is 2.69 bits per heavy atom. The molecule has 0 atom stereocenters. The zero-order valence-electron chi connectivity index (χ0n) is 14.3. The maximum absolute atomic E-state index is 12.9. The third kappa shape index (κ3) is 5.07. The molecule has 0 amide bonds. The number of aromatic nitrogens is 1. The standard InChI is InChI=1S/C19H19FN4O2/c1-21-19(24-13-17-3-2-10-25-17)23-12-14-8-9-22-18(11-14)26-16-6-4-15(20)5-7-16/h2-11H,12-13H2,1H3,(H2,21,23,24). The van der Waals surface area contributed by atoms with Crippen LogP contribution in [-0.2, 0) is 13.1 Å². The first kappa shape index (κ1) is 17.5. The van der Waals surface area contributed by atoms with E-state index >= 15 is 0 Å². The number of guanidine groups is 1. The summed E-state index contributed by atoms with van der Waals surface area (Å²) in [6.45, 7) is 1.09. The largest absolute Gasteiger partial charge is 0.467 e. The Bertz CT molecular complexity index is 848. The smallest absolute Gasteiger partial charge is 0.219 e. The summed E-state index contributed by atoms with van der Waals surface area (Å²) in [5.74, 6) is 2.14. The predicted molar refractivity (Wildman–Crippen MR) is 96.5 cm³/mol. The highest BCUT2D eigenvalue weighted by Gasteiger charge is 2.04. The average molecular weight is 354 g/mol. The van der Waals surface area contributed by atoms with E-state index in [1.54, 1.807) is 31.6 Å². The van der Waals surface area contributed by atoms with E-state index in [0.29, 0.717) is 30.7 Å². The number of nitrogens with zero attached hydrogens (tertiary/aromatic N) is 2. The summed E-state index contributed by atoms with van der Waals surface area (Å²) < 4.78 is 23.9. The number of hydrogen-bond donors (Lipinski definition) is 2. The van der Waals surface area contributed by atoms with Crippen molar-refractivity contribution in [3.05, 3.63) is 78.1 Å². The van der Waals surface area contributed by atoms with Crippen LogP contribution in [0, 0.1) is 5.82 Å². The number of furan rings is 1. The molecular weight excluding hydrogens is 335 g/mol. The minimum atomic E-state index is -0.309. The number of hydrogen-bond acceptors (Lipinski definition) is 4. The number of halogens is 1. The molecule has 26 heavy (non-hydrogen) atoms. The van der Waals surface area contributed by atoms with Gasteiger partial charge in [-0.1, -0.05) is 0 Å². The molecule has 2 heterocycles. The van der Waals surface area contributed by atoms with Crippen molar-refractivity contribution in [2.45, 2.75) is 13.1 Å². The van der Waals surface area contributed by atoms with Gasteiger partial charge in [0.2, 0.25) is 5.88 Å². The van der Waals surface area contributed by atoms with Gasteiger partial charge in [0.25, 0.3) is 0 Å². The van der Waals surface area contributed by atoms with Gasteiger partial charge in [0, 0.05) is 25.9 Å². The molecule has 1 aromatic carbocycles. The molecule has 0 bridgehead atoms. The number of nitrogens with one attached hydrogen (secondary N) is 2. The van der Waals surface area contributed by atoms with E-state index in [2.05, 4.69) is 20.6 Å². The summed E-state index contributed by atoms with van der Waals surface area (Å²) in [5, 5.41) is 6.38. The van der Waals surface area contributed by atoms with E-state index in [0.717, 1.165) is 11.3 Å². The van der Waals surface area contributed by atoms with Crippen molar-refractivity contribution in [1.29, 1.82) is 0 Å². The van der Waals surface area contributed by atoms with Gasteiger partial charge in [-0.15, -0.1) is 0 Å². The molecule has 0 saturated carbocycles. The van der Waals surface area contributed by atoms with Crippen LogP contribution in [0.15, 0.2) is 70.4 Å². The van der Waals surface area contributed by atoms with Crippen molar-refractivity contribution in [2.75, 3.05) is 7.05 Å². The molecule has 0 aliphatic carbocycles. The number of aliphatic imine (C=N–C) groups is 1. The molecule has 0 radical (unpaired) electrons. The minimum Gasteiger partial charge on any atom is -0.467 e. The number of benzene rings is 1. The first-order valence-corrected chi connectivity index (χ1v) is 8.08. The van der Waals surface area contributed by atoms with Crippen LogP contribution in [0.4, 0.5) is 4.39 Å². The predicted octanol–water partition coefficient (Wildman–Crippen LogP) is 3.47. The Kier molecular flexibility index (Phi) is 5.82. The highest BCUT2D eigenvalue weighted by atomic mass is 19.1. The van der Waals surface area contributed by atoms with Crippen LogP contribution in [0.1, 0.15) is 11.3 Å². The van der Waals surface area contributed by atoms with Crippen LogP contribution in [0.5, 0.6) is 11.6 Å². The second kappa shape index (κ2) is 8.66. The Morgan fingerprint density at radius 1 is 1.15 bits per heavy atom. The summed E-state index contributed by atoms with van der Waals surface area (Å²) in [4.78, 5) is 8.34. The molecule has 3 aromatic rings. The van der Waals surface area contributed by atoms with Crippen molar-refractivity contribution in [1.82, 2.24) is 15.6 Å². The molecule has 0 aliphatic heterocycles. The van der Waals surface area contributed by atoms with Crippen molar-refractivity contribution in [2.24, 2.45) is 4.99 Å². The van der Waals surface area contributed by atoms with Gasteiger partial charge in [-0.05, 0) is 48.0 Å². The molecule has 0 unspecified atom stereocenters. The van der Waals surface area contributed by atoms with Crippen molar-refractivity contribution >= 4 is 5.96 Å². The topological polar surface area (TPSA) is 71.7 Å². The Morgan fingerprint density at radius 2 is 1.96 bits per heavy atom. The van der Waals surface area contributed by atoms with Crippen LogP contribution in [0.3, 0.4) is 0 Å². The van der Waals surface area contributed by atoms with Crippen molar-refractivity contribution in [3.63, 3.8) is 0 Å². The van der Waals surface area contributed by atoms with Gasteiger partial charge in [-0.25, -0.2) is 9.37 Å². The van der Waals surface area contributed by atoms with E-state index in [4.69, 9.17) is 9.15 Å². The van der Waals surface area contributed by atoms with Crippen LogP contribution in [0.2, 0.25) is 0 Å². The molecule has 2 N–H and O–H groups in total. The molecule has 134 valence electrons. The maximum Gasteiger partial charge on any atom is 0.219 e. The summed E-state index contributed by atoms with van der Waals surface area (Å²) in [6, 6.07) is 13.2. The fraction of sp³-hybridized carbons (Fsp3) is 0.158. The lowest BCUT2D eigenvalue weighted by atomic mass is 10.2. The van der Waals surface area contributed by atoms with Crippen LogP contribution in [-0.4, -0.2) is 18.0 Å². The normalized spacial score (nSPS) is 11.2. The number of rotatable bonds is 6. The van der Waals surface area contributed by atoms with E-state index in [1.807, 2.05) is 24.3 Å². The van der Waals surface area contributed by atoms with Crippen molar-refractivity contribution < 1.29 is 13.5 Å². The molecular formula is C19H19FN4O2. The molecule has 2 aromatic heterocycles. The maximum atomic E-state index is 12.9. The van der Waals surface area contributed by atoms with Crippen molar-refractivity contribution in [3.8, 4) is 11.6 Å². The zero-order chi connectivity index (χ0) is 18.2. The fourth-order valence-electron chi connectivity index (χ4n) is 2.23. The van der Waals surface area contributed by atoms with E-state index < -0.39 is 0 Å². The molecule has 0 saturated heterocycles. The van der Waals surface area contributed by atoms with Gasteiger partial charge in [-0.3, -0.25) is 4.99 Å². The molecule has 3 rings (SSSR count). The number of pyridine rings is 1. The highest BCUT2D eigenvalue weighted by Crippen LogP contribution is 2.20. The lowest BCUT2D eigenvalue weighted by Crippen LogP contribution is -2.36. The first-order valence-electron chi connectivity index (χ1n) is 8.08. The molecule has 0 aliphatic rings. The third-order valence-electron chi connectivity index (χ3n) is 3.53. The van der Waals surface area contributed by atoms with Crippen LogP contribution in [0.25, 0.3) is 0 Å². The van der Waals surface area contributed by atoms with Gasteiger partial charge in [0.1, 0.15) is 17.3 Å². The van der Waals surface area contributed by atoms with Gasteiger partial charge in [0.05, 0.1) is 12.8 Å². The van der Waals surface area contributed by atoms with Crippen LogP contribution < -0.4 is 15.4 Å². The fourth-order valence-corrected chi connectivity index (χ4v) is 2.23. The Hall–Kier alpha value is -3.35. The monoisotopic (exact) mass is 354 g/mol. The SMILES string of the molecule is CN=C(NCc1ccnc(Oc2ccc(F)cc2)c1)NCc1ccco1. The van der Waals surface area contributed by atoms with Gasteiger partial charge < -0.3 is 19.8 Å². The third-order valence-corrected chi connectivity index (χ3v) is 3.53. The summed E-state index contributed by atoms with van der Waals surface area (Å²) in [6.07, 6.45) is 3.29. The van der Waals surface area contributed by atoms with Crippen LogP contribution >= 0.6 is 0 Å². The summed E-state index contributed by atoms with van der Waals surface area (Å²) in [5.41, 5.74) is 0.970. The number of ether oxygens (including phenoxy) is 1. The molecule has 0 fully saturated rings. The Balaban J connectivity index is 1.55. The molecule has 7 heteroatoms. The second-order valence-electron chi connectivity index (χ2n) is 5.42. The van der Waals surface area contributed by atoms with Gasteiger partial charge >= 0.3 is 0 Å². The van der Waals surface area contributed by atoms with Gasteiger partial charge in [0.15, 0.2) is 5.96 Å². The molecule has 6 nitrogen and oxygen atoms in total. The first-order chi connectivity index (χ1) is 12.7.